The molecule has 1 atom stereocenters. The van der Waals surface area contributed by atoms with E-state index in [1.807, 2.05) is 26.8 Å². The van der Waals surface area contributed by atoms with Gasteiger partial charge in [-0.2, -0.15) is 13.2 Å². The highest BCUT2D eigenvalue weighted by atomic mass is 32.1. The minimum absolute atomic E-state index is 0.124. The van der Waals surface area contributed by atoms with Crippen molar-refractivity contribution in [3.8, 4) is 0 Å². The zero-order valence-electron chi connectivity index (χ0n) is 24.1. The van der Waals surface area contributed by atoms with Crippen LogP contribution >= 0.6 is 11.3 Å². The molecule has 1 heterocycles. The van der Waals surface area contributed by atoms with Gasteiger partial charge in [0.2, 0.25) is 5.91 Å². The molecule has 0 bridgehead atoms. The van der Waals surface area contributed by atoms with E-state index in [2.05, 4.69) is 10.1 Å². The Hall–Kier alpha value is -4.76. The maximum atomic E-state index is 12.2. The minimum Gasteiger partial charge on any atom is -0.479 e. The number of esters is 1. The summed E-state index contributed by atoms with van der Waals surface area (Å²) in [6.07, 6.45) is -5.08. The first-order valence-corrected chi connectivity index (χ1v) is 13.3. The number of ether oxygens (including phenoxy) is 1. The lowest BCUT2D eigenvalue weighted by Crippen LogP contribution is -2.33. The van der Waals surface area contributed by atoms with Crippen molar-refractivity contribution in [3.63, 3.8) is 0 Å². The molecule has 3 rings (SSSR count). The van der Waals surface area contributed by atoms with Crippen LogP contribution in [0.5, 0.6) is 0 Å². The van der Waals surface area contributed by atoms with Gasteiger partial charge >= 0.3 is 24.1 Å². The highest BCUT2D eigenvalue weighted by Gasteiger charge is 2.38. The predicted octanol–water partition coefficient (Wildman–Crippen LogP) is 4.27. The van der Waals surface area contributed by atoms with Crippen molar-refractivity contribution in [2.75, 3.05) is 7.11 Å². The van der Waals surface area contributed by atoms with Crippen LogP contribution in [0.1, 0.15) is 73.2 Å². The molecule has 2 aromatic carbocycles. The first-order valence-electron chi connectivity index (χ1n) is 12.5. The predicted molar refractivity (Wildman–Crippen MR) is 155 cm³/mol. The Morgan fingerprint density at radius 2 is 1.52 bits per heavy atom. The van der Waals surface area contributed by atoms with E-state index in [-0.39, 0.29) is 15.9 Å². The van der Waals surface area contributed by atoms with Crippen molar-refractivity contribution in [2.24, 2.45) is 11.5 Å². The summed E-state index contributed by atoms with van der Waals surface area (Å²) in [5.41, 5.74) is 12.6. The molecule has 15 heteroatoms. The Kier molecular flexibility index (Phi) is 13.7. The molecule has 0 aliphatic carbocycles. The van der Waals surface area contributed by atoms with Gasteiger partial charge in [-0.05, 0) is 34.7 Å². The molecule has 0 saturated carbocycles. The molecule has 2 amide bonds. The molecule has 3 aromatic rings. The van der Waals surface area contributed by atoms with E-state index >= 15 is 0 Å². The average molecular weight is 640 g/mol. The first kappa shape index (κ1) is 37.3. The van der Waals surface area contributed by atoms with Crippen molar-refractivity contribution in [3.05, 3.63) is 92.7 Å². The molecule has 44 heavy (non-hydrogen) atoms. The Morgan fingerprint density at radius 1 is 0.955 bits per heavy atom. The molecule has 0 radical (unpaired) electrons. The van der Waals surface area contributed by atoms with Gasteiger partial charge in [0.15, 0.2) is 6.04 Å². The highest BCUT2D eigenvalue weighted by molar-refractivity contribution is 7.14. The molecule has 0 aliphatic rings. The van der Waals surface area contributed by atoms with Crippen molar-refractivity contribution in [1.29, 1.82) is 0 Å². The summed E-state index contributed by atoms with van der Waals surface area (Å²) in [6.45, 7) is 6.34. The number of carbonyl (C=O) groups is 5. The zero-order chi connectivity index (χ0) is 33.8. The van der Waals surface area contributed by atoms with E-state index in [9.17, 15) is 37.5 Å². The molecule has 0 spiro atoms. The number of halogens is 3. The summed E-state index contributed by atoms with van der Waals surface area (Å²) in [6, 6.07) is 16.0. The summed E-state index contributed by atoms with van der Waals surface area (Å²) >= 11 is 1.25. The van der Waals surface area contributed by atoms with Gasteiger partial charge in [0.1, 0.15) is 4.88 Å². The highest BCUT2D eigenvalue weighted by Crippen LogP contribution is 2.32. The SMILES string of the molecule is COC(=O)c1sc(C(C)(C)C)cc1C(N)=O.NCc1cccc(C(=O)N[C@@H](C(=O)O)c2ccccc2)c1.O=C(O)C(F)(F)F. The number of carbonyl (C=O) groups excluding carboxylic acids is 3. The number of nitrogens with one attached hydrogen (secondary N) is 1. The van der Waals surface area contributed by atoms with Gasteiger partial charge in [0.25, 0.3) is 5.91 Å². The fraction of sp³-hybridized carbons (Fsp3) is 0.276. The van der Waals surface area contributed by atoms with Crippen LogP contribution < -0.4 is 16.8 Å². The van der Waals surface area contributed by atoms with E-state index in [0.29, 0.717) is 17.7 Å². The van der Waals surface area contributed by atoms with E-state index < -0.39 is 41.9 Å². The summed E-state index contributed by atoms with van der Waals surface area (Å²) in [7, 11) is 1.28. The largest absolute Gasteiger partial charge is 0.490 e. The summed E-state index contributed by atoms with van der Waals surface area (Å²) in [5.74, 6) is -5.43. The van der Waals surface area contributed by atoms with Gasteiger partial charge in [-0.1, -0.05) is 63.2 Å². The molecule has 0 unspecified atom stereocenters. The van der Waals surface area contributed by atoms with Crippen LogP contribution in [-0.4, -0.2) is 53.2 Å². The van der Waals surface area contributed by atoms with E-state index in [1.54, 1.807) is 54.6 Å². The van der Waals surface area contributed by atoms with Crippen LogP contribution in [0.4, 0.5) is 13.2 Å². The van der Waals surface area contributed by atoms with E-state index in [0.717, 1.165) is 10.4 Å². The van der Waals surface area contributed by atoms with Crippen LogP contribution in [0.15, 0.2) is 60.7 Å². The molecular weight excluding hydrogens is 607 g/mol. The number of amides is 2. The maximum Gasteiger partial charge on any atom is 0.490 e. The molecular formula is C29H32F3N3O8S. The maximum absolute atomic E-state index is 12.2. The Bertz CT molecular complexity index is 1470. The number of nitrogens with two attached hydrogens (primary N) is 2. The standard InChI is InChI=1S/C16H16N2O3.C11H15NO3S.C2HF3O2/c17-10-11-5-4-8-13(9-11)15(19)18-14(16(20)21)12-6-2-1-3-7-12;1-11(2,3)7-5-6(9(12)13)8(16-7)10(14)15-4;3-2(4,5)1(6)7/h1-9,14H,10,17H2,(H,18,19)(H,20,21);5H,1-4H3,(H2,12,13);(H,6,7)/t14-;;/m1../s1. The quantitative estimate of drug-likeness (QED) is 0.234. The van der Waals surface area contributed by atoms with Gasteiger partial charge in [0.05, 0.1) is 12.7 Å². The van der Waals surface area contributed by atoms with Gasteiger partial charge in [0, 0.05) is 17.0 Å². The minimum atomic E-state index is -5.08. The van der Waals surface area contributed by atoms with E-state index in [1.165, 1.54) is 18.4 Å². The third-order valence-electron chi connectivity index (χ3n) is 5.43. The third kappa shape index (κ3) is 11.5. The zero-order valence-corrected chi connectivity index (χ0v) is 24.9. The average Bonchev–Trinajstić information content (AvgIpc) is 3.43. The summed E-state index contributed by atoms with van der Waals surface area (Å²) in [4.78, 5) is 56.3. The van der Waals surface area contributed by atoms with Gasteiger partial charge in [-0.3, -0.25) is 9.59 Å². The lowest BCUT2D eigenvalue weighted by molar-refractivity contribution is -0.192. The Labute approximate surface area is 254 Å². The van der Waals surface area contributed by atoms with Crippen molar-refractivity contribution in [2.45, 2.75) is 44.9 Å². The van der Waals surface area contributed by atoms with E-state index in [4.69, 9.17) is 21.4 Å². The molecule has 0 fully saturated rings. The monoisotopic (exact) mass is 639 g/mol. The lowest BCUT2D eigenvalue weighted by Gasteiger charge is -2.15. The number of primary amides is 1. The number of hydrogen-bond donors (Lipinski definition) is 5. The number of aliphatic carboxylic acids is 2. The van der Waals surface area contributed by atoms with Crippen molar-refractivity contribution < 1.29 is 52.1 Å². The van der Waals surface area contributed by atoms with Crippen LogP contribution in [-0.2, 0) is 26.3 Å². The first-order chi connectivity index (χ1) is 20.3. The van der Waals surface area contributed by atoms with Gasteiger partial charge in [-0.15, -0.1) is 11.3 Å². The van der Waals surface area contributed by atoms with Crippen LogP contribution in [0.3, 0.4) is 0 Å². The second kappa shape index (κ2) is 16.2. The number of hydrogen-bond acceptors (Lipinski definition) is 8. The fourth-order valence-electron chi connectivity index (χ4n) is 3.18. The lowest BCUT2D eigenvalue weighted by atomic mass is 9.94. The third-order valence-corrected chi connectivity index (χ3v) is 6.97. The molecule has 7 N–H and O–H groups in total. The number of benzene rings is 2. The normalized spacial score (nSPS) is 11.5. The topological polar surface area (TPSA) is 199 Å². The Morgan fingerprint density at radius 3 is 1.95 bits per heavy atom. The van der Waals surface area contributed by atoms with Crippen LogP contribution in [0, 0.1) is 0 Å². The summed E-state index contributed by atoms with van der Waals surface area (Å²) in [5, 5.41) is 18.9. The fourth-order valence-corrected chi connectivity index (χ4v) is 4.31. The second-order valence-electron chi connectivity index (χ2n) is 9.82. The molecule has 1 aromatic heterocycles. The molecule has 11 nitrogen and oxygen atoms in total. The second-order valence-corrected chi connectivity index (χ2v) is 10.9. The van der Waals surface area contributed by atoms with Crippen LogP contribution in [0.2, 0.25) is 0 Å². The molecule has 238 valence electrons. The molecule has 0 aliphatic heterocycles. The summed E-state index contributed by atoms with van der Waals surface area (Å²) < 4.78 is 36.4. The van der Waals surface area contributed by atoms with Crippen LogP contribution in [0.25, 0.3) is 0 Å². The number of rotatable bonds is 7. The number of thiophene rings is 1. The number of carboxylic acid groups (broad SMARTS) is 2. The Balaban J connectivity index is 0.000000372. The van der Waals surface area contributed by atoms with Gasteiger partial charge < -0.3 is 31.7 Å². The number of methoxy groups -OCH3 is 1. The smallest absolute Gasteiger partial charge is 0.479 e. The number of alkyl halides is 3. The van der Waals surface area contributed by atoms with Gasteiger partial charge in [-0.25, -0.2) is 14.4 Å². The van der Waals surface area contributed by atoms with Crippen molar-refractivity contribution in [1.82, 2.24) is 5.32 Å². The van der Waals surface area contributed by atoms with Crippen molar-refractivity contribution >= 4 is 41.1 Å². The molecule has 0 saturated heterocycles. The number of carboxylic acids is 2.